The third-order valence-electron chi connectivity index (χ3n) is 2.61. The van der Waals surface area contributed by atoms with Crippen LogP contribution >= 0.6 is 0 Å². The predicted molar refractivity (Wildman–Crippen MR) is 59.8 cm³/mol. The Balaban J connectivity index is 2.85. The smallest absolute Gasteiger partial charge is 0.359 e. The van der Waals surface area contributed by atoms with E-state index in [0.717, 1.165) is 11.3 Å². The predicted octanol–water partition coefficient (Wildman–Crippen LogP) is 1.58. The van der Waals surface area contributed by atoms with E-state index in [4.69, 9.17) is 5.73 Å². The van der Waals surface area contributed by atoms with Gasteiger partial charge in [0.25, 0.3) is 0 Å². The first-order valence-electron chi connectivity index (χ1n) is 5.26. The van der Waals surface area contributed by atoms with Crippen molar-refractivity contribution in [2.24, 2.45) is 12.8 Å². The Hall–Kier alpha value is -1.24. The summed E-state index contributed by atoms with van der Waals surface area (Å²) >= 11 is 0. The summed E-state index contributed by atoms with van der Waals surface area (Å²) in [6.07, 6.45) is -5.00. The molecule has 98 valence electrons. The van der Waals surface area contributed by atoms with Gasteiger partial charge in [-0.3, -0.25) is 4.68 Å². The Bertz CT molecular complexity index is 384. The molecule has 4 nitrogen and oxygen atoms in total. The van der Waals surface area contributed by atoms with Crippen molar-refractivity contribution in [2.45, 2.75) is 26.1 Å². The van der Waals surface area contributed by atoms with Crippen LogP contribution in [0.2, 0.25) is 0 Å². The summed E-state index contributed by atoms with van der Waals surface area (Å²) < 4.78 is 38.0. The highest BCUT2D eigenvalue weighted by Gasteiger charge is 2.28. The third-order valence-corrected chi connectivity index (χ3v) is 2.61. The van der Waals surface area contributed by atoms with E-state index in [1.54, 1.807) is 25.7 Å². The maximum Gasteiger partial charge on any atom is 0.390 e. The molecule has 0 saturated heterocycles. The second kappa shape index (κ2) is 4.95. The number of aromatic nitrogens is 2. The van der Waals surface area contributed by atoms with Crippen molar-refractivity contribution in [1.82, 2.24) is 9.78 Å². The minimum Gasteiger partial charge on any atom is -0.359 e. The Labute approximate surface area is 98.2 Å². The van der Waals surface area contributed by atoms with Crippen molar-refractivity contribution < 1.29 is 13.2 Å². The van der Waals surface area contributed by atoms with E-state index in [1.165, 1.54) is 4.90 Å². The van der Waals surface area contributed by atoms with Gasteiger partial charge < -0.3 is 10.6 Å². The Kier molecular flexibility index (Phi) is 4.03. The molecular weight excluding hydrogens is 233 g/mol. The monoisotopic (exact) mass is 250 g/mol. The zero-order chi connectivity index (χ0) is 13.2. The van der Waals surface area contributed by atoms with E-state index in [9.17, 15) is 13.2 Å². The quantitative estimate of drug-likeness (QED) is 0.882. The van der Waals surface area contributed by atoms with Gasteiger partial charge in [-0.05, 0) is 6.92 Å². The summed E-state index contributed by atoms with van der Waals surface area (Å²) in [6, 6.07) is 0. The summed E-state index contributed by atoms with van der Waals surface area (Å²) in [6.45, 7) is 1.96. The summed E-state index contributed by atoms with van der Waals surface area (Å²) in [5.41, 5.74) is 7.12. The molecule has 17 heavy (non-hydrogen) atoms. The molecule has 0 spiro atoms. The molecule has 1 rings (SSSR count). The SMILES string of the molecule is Cc1nn(C)c(N(C)CCC(F)(F)F)c1CN. The zero-order valence-corrected chi connectivity index (χ0v) is 10.2. The van der Waals surface area contributed by atoms with Crippen molar-refractivity contribution in [3.63, 3.8) is 0 Å². The van der Waals surface area contributed by atoms with Gasteiger partial charge in [0.15, 0.2) is 0 Å². The first-order valence-corrected chi connectivity index (χ1v) is 5.26. The minimum absolute atomic E-state index is 0.102. The first kappa shape index (κ1) is 13.8. The molecule has 7 heteroatoms. The van der Waals surface area contributed by atoms with E-state index in [0.29, 0.717) is 5.82 Å². The van der Waals surface area contributed by atoms with Gasteiger partial charge in [0.05, 0.1) is 12.1 Å². The molecule has 0 aliphatic rings. The van der Waals surface area contributed by atoms with Crippen molar-refractivity contribution in [2.75, 3.05) is 18.5 Å². The van der Waals surface area contributed by atoms with Crippen LogP contribution in [0.4, 0.5) is 19.0 Å². The molecule has 0 aliphatic carbocycles. The highest BCUT2D eigenvalue weighted by molar-refractivity contribution is 5.49. The number of aryl methyl sites for hydroxylation is 2. The van der Waals surface area contributed by atoms with Gasteiger partial charge in [-0.25, -0.2) is 0 Å². The molecule has 1 heterocycles. The lowest BCUT2D eigenvalue weighted by molar-refractivity contribution is -0.132. The highest BCUT2D eigenvalue weighted by atomic mass is 19.4. The van der Waals surface area contributed by atoms with Gasteiger partial charge >= 0.3 is 6.18 Å². The van der Waals surface area contributed by atoms with Gasteiger partial charge in [0.2, 0.25) is 0 Å². The average molecular weight is 250 g/mol. The Morgan fingerprint density at radius 2 is 2.00 bits per heavy atom. The first-order chi connectivity index (χ1) is 7.76. The maximum absolute atomic E-state index is 12.1. The van der Waals surface area contributed by atoms with Crippen LogP contribution in [0.15, 0.2) is 0 Å². The largest absolute Gasteiger partial charge is 0.390 e. The summed E-state index contributed by atoms with van der Waals surface area (Å²) in [7, 11) is 3.31. The molecule has 0 unspecified atom stereocenters. The van der Waals surface area contributed by atoms with E-state index >= 15 is 0 Å². The van der Waals surface area contributed by atoms with Gasteiger partial charge in [-0.2, -0.15) is 18.3 Å². The lowest BCUT2D eigenvalue weighted by atomic mass is 10.2. The van der Waals surface area contributed by atoms with E-state index < -0.39 is 12.6 Å². The summed E-state index contributed by atoms with van der Waals surface area (Å²) in [5, 5.41) is 4.16. The fourth-order valence-electron chi connectivity index (χ4n) is 1.81. The molecule has 0 fully saturated rings. The van der Waals surface area contributed by atoms with Crippen LogP contribution in [0.25, 0.3) is 0 Å². The molecule has 0 aliphatic heterocycles. The van der Waals surface area contributed by atoms with Crippen LogP contribution in [0, 0.1) is 6.92 Å². The lowest BCUT2D eigenvalue weighted by Crippen LogP contribution is -2.27. The molecular formula is C10H17F3N4. The molecule has 0 bridgehead atoms. The molecule has 0 atom stereocenters. The number of hydrogen-bond donors (Lipinski definition) is 1. The highest BCUT2D eigenvalue weighted by Crippen LogP contribution is 2.25. The molecule has 0 saturated carbocycles. The number of nitrogens with two attached hydrogens (primary N) is 1. The second-order valence-electron chi connectivity index (χ2n) is 4.00. The standard InChI is InChI=1S/C10H17F3N4/c1-7-8(6-14)9(17(3)15-7)16(2)5-4-10(11,12)13/h4-6,14H2,1-3H3. The fourth-order valence-corrected chi connectivity index (χ4v) is 1.81. The normalized spacial score (nSPS) is 11.9. The topological polar surface area (TPSA) is 47.1 Å². The Morgan fingerprint density at radius 3 is 2.47 bits per heavy atom. The van der Waals surface area contributed by atoms with Crippen molar-refractivity contribution in [3.05, 3.63) is 11.3 Å². The van der Waals surface area contributed by atoms with Crippen molar-refractivity contribution in [3.8, 4) is 0 Å². The zero-order valence-electron chi connectivity index (χ0n) is 10.2. The number of alkyl halides is 3. The van der Waals surface area contributed by atoms with Crippen LogP contribution in [0.3, 0.4) is 0 Å². The molecule has 1 aromatic heterocycles. The van der Waals surface area contributed by atoms with Crippen LogP contribution in [-0.4, -0.2) is 29.5 Å². The van der Waals surface area contributed by atoms with Crippen molar-refractivity contribution >= 4 is 5.82 Å². The third kappa shape index (κ3) is 3.36. The number of nitrogens with zero attached hydrogens (tertiary/aromatic N) is 3. The molecule has 1 aromatic rings. The minimum atomic E-state index is -4.15. The van der Waals surface area contributed by atoms with Crippen LogP contribution in [0.5, 0.6) is 0 Å². The van der Waals surface area contributed by atoms with Gasteiger partial charge in [0, 0.05) is 32.7 Å². The number of rotatable bonds is 4. The molecule has 2 N–H and O–H groups in total. The van der Waals surface area contributed by atoms with E-state index in [2.05, 4.69) is 5.10 Å². The molecule has 0 radical (unpaired) electrons. The van der Waals surface area contributed by atoms with E-state index in [1.807, 2.05) is 0 Å². The van der Waals surface area contributed by atoms with E-state index in [-0.39, 0.29) is 13.1 Å². The summed E-state index contributed by atoms with van der Waals surface area (Å²) in [5.74, 6) is 0.647. The number of anilines is 1. The van der Waals surface area contributed by atoms with Gasteiger partial charge in [-0.1, -0.05) is 0 Å². The van der Waals surface area contributed by atoms with Crippen molar-refractivity contribution in [1.29, 1.82) is 0 Å². The second-order valence-corrected chi connectivity index (χ2v) is 4.00. The average Bonchev–Trinajstić information content (AvgIpc) is 2.48. The maximum atomic E-state index is 12.1. The van der Waals surface area contributed by atoms with Crippen LogP contribution < -0.4 is 10.6 Å². The van der Waals surface area contributed by atoms with Crippen LogP contribution in [0.1, 0.15) is 17.7 Å². The summed E-state index contributed by atoms with van der Waals surface area (Å²) in [4.78, 5) is 1.54. The lowest BCUT2D eigenvalue weighted by Gasteiger charge is -2.21. The van der Waals surface area contributed by atoms with Crippen LogP contribution in [-0.2, 0) is 13.6 Å². The van der Waals surface area contributed by atoms with Gasteiger partial charge in [0.1, 0.15) is 5.82 Å². The Morgan fingerprint density at radius 1 is 1.41 bits per heavy atom. The fraction of sp³-hybridized carbons (Fsp3) is 0.700. The number of hydrogen-bond acceptors (Lipinski definition) is 3. The number of halogens is 3. The molecule has 0 amide bonds. The molecule has 0 aromatic carbocycles. The van der Waals surface area contributed by atoms with Gasteiger partial charge in [-0.15, -0.1) is 0 Å².